The minimum absolute atomic E-state index is 0.123. The number of benzene rings is 1. The number of carbonyl (C=O) groups excluding carboxylic acids is 1. The minimum Gasteiger partial charge on any atom is -0.334 e. The van der Waals surface area contributed by atoms with Gasteiger partial charge in [0.1, 0.15) is 5.82 Å². The van der Waals surface area contributed by atoms with Crippen LogP contribution < -0.4 is 0 Å². The van der Waals surface area contributed by atoms with Crippen molar-refractivity contribution < 1.29 is 9.18 Å². The maximum absolute atomic E-state index is 13.0. The Labute approximate surface area is 130 Å². The molecule has 0 aliphatic carbocycles. The maximum atomic E-state index is 13.0. The molecule has 0 saturated carbocycles. The maximum Gasteiger partial charge on any atom is 0.255 e. The summed E-state index contributed by atoms with van der Waals surface area (Å²) in [5, 5.41) is 0.123. The molecule has 106 valence electrons. The van der Waals surface area contributed by atoms with Crippen LogP contribution in [-0.2, 0) is 6.54 Å². The van der Waals surface area contributed by atoms with E-state index in [0.717, 1.165) is 10.9 Å². The largest absolute Gasteiger partial charge is 0.334 e. The van der Waals surface area contributed by atoms with E-state index in [0.29, 0.717) is 23.0 Å². The highest BCUT2D eigenvalue weighted by Gasteiger charge is 2.18. The van der Waals surface area contributed by atoms with Gasteiger partial charge in [0.2, 0.25) is 0 Å². The van der Waals surface area contributed by atoms with E-state index in [1.54, 1.807) is 11.0 Å². The number of rotatable bonds is 4. The number of carbonyl (C=O) groups is 1. The van der Waals surface area contributed by atoms with E-state index >= 15 is 0 Å². The number of nitrogens with zero attached hydrogens (tertiary/aromatic N) is 1. The molecule has 0 saturated heterocycles. The molecule has 1 aromatic carbocycles. The summed E-state index contributed by atoms with van der Waals surface area (Å²) >= 11 is 13.2. The van der Waals surface area contributed by atoms with Crippen LogP contribution in [0.3, 0.4) is 0 Å². The lowest BCUT2D eigenvalue weighted by molar-refractivity contribution is 0.0754. The first-order valence-corrected chi connectivity index (χ1v) is 7.57. The zero-order valence-electron chi connectivity index (χ0n) is 10.7. The van der Waals surface area contributed by atoms with Crippen molar-refractivity contribution in [1.82, 2.24) is 4.90 Å². The van der Waals surface area contributed by atoms with Crippen LogP contribution in [-0.4, -0.2) is 17.4 Å². The van der Waals surface area contributed by atoms with E-state index in [9.17, 15) is 9.18 Å². The predicted octanol–water partition coefficient (Wildman–Crippen LogP) is 4.86. The Hall–Kier alpha value is -1.10. The quantitative estimate of drug-likeness (QED) is 0.783. The third-order valence-electron chi connectivity index (χ3n) is 2.81. The van der Waals surface area contributed by atoms with E-state index in [1.807, 2.05) is 13.0 Å². The van der Waals surface area contributed by atoms with Gasteiger partial charge in [0.05, 0.1) is 21.5 Å². The first-order chi connectivity index (χ1) is 9.51. The molecule has 2 aromatic rings. The molecule has 0 spiro atoms. The molecule has 0 aliphatic heterocycles. The van der Waals surface area contributed by atoms with E-state index < -0.39 is 5.82 Å². The second-order valence-corrected chi connectivity index (χ2v) is 6.36. The summed E-state index contributed by atoms with van der Waals surface area (Å²) < 4.78 is 13.7. The van der Waals surface area contributed by atoms with Crippen LogP contribution in [0.5, 0.6) is 0 Å². The topological polar surface area (TPSA) is 20.3 Å². The van der Waals surface area contributed by atoms with Crippen LogP contribution in [0, 0.1) is 5.82 Å². The van der Waals surface area contributed by atoms with Crippen molar-refractivity contribution in [3.63, 3.8) is 0 Å². The lowest BCUT2D eigenvalue weighted by Gasteiger charge is -2.20. The van der Waals surface area contributed by atoms with Crippen LogP contribution in [0.4, 0.5) is 4.39 Å². The van der Waals surface area contributed by atoms with Crippen LogP contribution >= 0.6 is 34.5 Å². The van der Waals surface area contributed by atoms with Crippen molar-refractivity contribution in [2.45, 2.75) is 13.5 Å². The van der Waals surface area contributed by atoms with E-state index in [-0.39, 0.29) is 10.9 Å². The first-order valence-electron chi connectivity index (χ1n) is 5.99. The molecule has 1 aromatic heterocycles. The Balaban J connectivity index is 2.20. The van der Waals surface area contributed by atoms with Crippen LogP contribution in [0.2, 0.25) is 9.36 Å². The average Bonchev–Trinajstić information content (AvgIpc) is 2.81. The van der Waals surface area contributed by atoms with Gasteiger partial charge in [-0.2, -0.15) is 0 Å². The Morgan fingerprint density at radius 2 is 2.05 bits per heavy atom. The molecule has 0 atom stereocenters. The first kappa shape index (κ1) is 15.3. The van der Waals surface area contributed by atoms with Gasteiger partial charge in [-0.1, -0.05) is 23.2 Å². The Bertz CT molecular complexity index is 629. The normalized spacial score (nSPS) is 10.6. The molecule has 1 amide bonds. The van der Waals surface area contributed by atoms with Crippen LogP contribution in [0.1, 0.15) is 22.2 Å². The van der Waals surface area contributed by atoms with Crippen LogP contribution in [0.15, 0.2) is 30.3 Å². The molecule has 2 nitrogen and oxygen atoms in total. The number of amides is 1. The summed E-state index contributed by atoms with van der Waals surface area (Å²) in [6, 6.07) is 7.46. The summed E-state index contributed by atoms with van der Waals surface area (Å²) in [5.41, 5.74) is 0.303. The molecule has 20 heavy (non-hydrogen) atoms. The highest BCUT2D eigenvalue weighted by molar-refractivity contribution is 7.16. The second-order valence-electron chi connectivity index (χ2n) is 4.15. The summed E-state index contributed by atoms with van der Waals surface area (Å²) in [5.74, 6) is -0.679. The molecule has 0 unspecified atom stereocenters. The zero-order valence-corrected chi connectivity index (χ0v) is 13.0. The van der Waals surface area contributed by atoms with E-state index in [2.05, 4.69) is 0 Å². The van der Waals surface area contributed by atoms with Crippen molar-refractivity contribution in [2.75, 3.05) is 6.54 Å². The third kappa shape index (κ3) is 3.51. The van der Waals surface area contributed by atoms with Crippen molar-refractivity contribution in [1.29, 1.82) is 0 Å². The number of thiophene rings is 1. The minimum atomic E-state index is -0.459. The fraction of sp³-hybridized carbons (Fsp3) is 0.214. The smallest absolute Gasteiger partial charge is 0.255 e. The molecule has 0 N–H and O–H groups in total. The Kier molecular flexibility index (Phi) is 5.02. The van der Waals surface area contributed by atoms with Gasteiger partial charge in [-0.15, -0.1) is 11.3 Å². The van der Waals surface area contributed by atoms with Crippen molar-refractivity contribution >= 4 is 40.4 Å². The molecule has 0 fully saturated rings. The molecule has 2 rings (SSSR count). The standard InChI is InChI=1S/C14H12Cl2FNOS/c1-2-18(8-10-4-6-13(16)20-10)14(19)11-5-3-9(17)7-12(11)15/h3-7H,2,8H2,1H3. The van der Waals surface area contributed by atoms with Gasteiger partial charge in [-0.05, 0) is 37.3 Å². The Morgan fingerprint density at radius 1 is 1.30 bits per heavy atom. The van der Waals surface area contributed by atoms with Gasteiger partial charge < -0.3 is 4.90 Å². The molecule has 0 bridgehead atoms. The average molecular weight is 332 g/mol. The fourth-order valence-corrected chi connectivity index (χ4v) is 3.14. The van der Waals surface area contributed by atoms with Gasteiger partial charge >= 0.3 is 0 Å². The van der Waals surface area contributed by atoms with Gasteiger partial charge in [-0.3, -0.25) is 4.79 Å². The van der Waals surface area contributed by atoms with Gasteiger partial charge in [0, 0.05) is 11.4 Å². The lowest BCUT2D eigenvalue weighted by atomic mass is 10.2. The molecular weight excluding hydrogens is 320 g/mol. The number of hydrogen-bond acceptors (Lipinski definition) is 2. The third-order valence-corrected chi connectivity index (χ3v) is 4.33. The van der Waals surface area contributed by atoms with Crippen molar-refractivity contribution in [3.8, 4) is 0 Å². The monoisotopic (exact) mass is 331 g/mol. The number of hydrogen-bond donors (Lipinski definition) is 0. The van der Waals surface area contributed by atoms with Crippen molar-refractivity contribution in [2.24, 2.45) is 0 Å². The summed E-state index contributed by atoms with van der Waals surface area (Å²) in [6.45, 7) is 2.87. The van der Waals surface area contributed by atoms with Crippen LogP contribution in [0.25, 0.3) is 0 Å². The van der Waals surface area contributed by atoms with Gasteiger partial charge in [0.15, 0.2) is 0 Å². The van der Waals surface area contributed by atoms with Gasteiger partial charge in [-0.25, -0.2) is 4.39 Å². The highest BCUT2D eigenvalue weighted by Crippen LogP contribution is 2.24. The molecular formula is C14H12Cl2FNOS. The molecule has 1 heterocycles. The van der Waals surface area contributed by atoms with Gasteiger partial charge in [0.25, 0.3) is 5.91 Å². The summed E-state index contributed by atoms with van der Waals surface area (Å²) in [6.07, 6.45) is 0. The zero-order chi connectivity index (χ0) is 14.7. The van der Waals surface area contributed by atoms with Crippen molar-refractivity contribution in [3.05, 3.63) is 55.9 Å². The van der Waals surface area contributed by atoms with E-state index in [1.165, 1.54) is 23.5 Å². The van der Waals surface area contributed by atoms with E-state index in [4.69, 9.17) is 23.2 Å². The lowest BCUT2D eigenvalue weighted by Crippen LogP contribution is -2.30. The second kappa shape index (κ2) is 6.57. The molecule has 0 radical (unpaired) electrons. The summed E-state index contributed by atoms with van der Waals surface area (Å²) in [4.78, 5) is 15.0. The Morgan fingerprint density at radius 3 is 2.60 bits per heavy atom. The fourth-order valence-electron chi connectivity index (χ4n) is 1.79. The molecule has 0 aliphatic rings. The predicted molar refractivity (Wildman–Crippen MR) is 81.2 cm³/mol. The highest BCUT2D eigenvalue weighted by atomic mass is 35.5. The molecule has 6 heteroatoms. The number of halogens is 3. The SMILES string of the molecule is CCN(Cc1ccc(Cl)s1)C(=O)c1ccc(F)cc1Cl. The summed E-state index contributed by atoms with van der Waals surface area (Å²) in [7, 11) is 0.